The van der Waals surface area contributed by atoms with Crippen LogP contribution in [0.3, 0.4) is 0 Å². The van der Waals surface area contributed by atoms with Crippen LogP contribution in [0, 0.1) is 0 Å². The monoisotopic (exact) mass is 1720 g/mol. The van der Waals surface area contributed by atoms with E-state index in [0.29, 0.717) is 6.42 Å². The van der Waals surface area contributed by atoms with Gasteiger partial charge in [0, 0.05) is 52.1 Å². The minimum absolute atomic E-state index is 0.0647. The van der Waals surface area contributed by atoms with E-state index < -0.39 is 259 Å². The fourth-order valence-corrected chi connectivity index (χ4v) is 7.54. The smallest absolute Gasteiger partial charge is 0.379 e. The molecule has 0 aliphatic carbocycles. The first-order valence-electron chi connectivity index (χ1n) is 27.4. The van der Waals surface area contributed by atoms with Gasteiger partial charge in [-0.25, -0.2) is 0 Å². The van der Waals surface area contributed by atoms with E-state index >= 15 is 0 Å². The summed E-state index contributed by atoms with van der Waals surface area (Å²) in [5, 5.41) is 1.44. The molecule has 0 fully saturated rings. The second-order valence-corrected chi connectivity index (χ2v) is 22.0. The fourth-order valence-electron chi connectivity index (χ4n) is 7.54. The molecule has 1 amide bonds. The molecule has 0 aromatic rings. The first-order valence-corrected chi connectivity index (χ1v) is 27.4. The number of nitrogens with one attached hydrogen (secondary N) is 1. The zero-order valence-electron chi connectivity index (χ0n) is 51.1. The maximum atomic E-state index is 14.7. The number of rotatable bonds is 49. The average molecular weight is 1720 g/mol. The third-order valence-corrected chi connectivity index (χ3v) is 13.9. The molecule has 3 N–H and O–H groups in total. The Hall–Kier alpha value is -4.38. The molecular weight excluding hydrogens is 1670 g/mol. The van der Waals surface area contributed by atoms with E-state index in [2.05, 4.69) is 14.2 Å². The Morgan fingerprint density at radius 3 is 0.607 bits per heavy atom. The van der Waals surface area contributed by atoms with Gasteiger partial charge in [-0.3, -0.25) is 4.79 Å². The number of amides is 1. The second kappa shape index (κ2) is 33.0. The number of carbonyl (C=O) groups is 1. The van der Waals surface area contributed by atoms with Crippen molar-refractivity contribution in [3.05, 3.63) is 0 Å². The molecule has 0 aliphatic heterocycles. The number of carbonyl (C=O) groups excluding carboxylic acids is 1. The van der Waals surface area contributed by atoms with Crippen LogP contribution in [0.5, 0.6) is 0 Å². The average Bonchev–Trinajstić information content (AvgIpc) is 0.707. The van der Waals surface area contributed by atoms with Crippen molar-refractivity contribution in [3.8, 4) is 0 Å². The standard InChI is InChI=1S/C47H45F51N2O7/c48-24(49,27(54,55)30(60,61)33(66,67)36(72,73)39(78,79)42(84,85)45(90,91)92)6-1-10-105-19-23(100-22(101)5-14-103-16-18-104-17-15-102-13-4-9-99,20-106-11-2-7-25(50,51)28(56,57)31(62,63)34(68,69)37(74,75)40(80,81)43(86,87)46(93,94)95)21-107-12-3-8-26(52,53)29(58,59)32(64,65)35(70,71)38(76,77)41(82,83)44(88,89)47(96,97)98/h1-21,99H2,(H,100,101). The van der Waals surface area contributed by atoms with Gasteiger partial charge in [0.25, 0.3) is 0 Å². The van der Waals surface area contributed by atoms with Crippen LogP contribution >= 0.6 is 0 Å². The summed E-state index contributed by atoms with van der Waals surface area (Å²) in [5.41, 5.74) is 1.68. The molecule has 0 heterocycles. The summed E-state index contributed by atoms with van der Waals surface area (Å²) in [4.78, 5) is 13.2. The first-order chi connectivity index (χ1) is 46.8. The van der Waals surface area contributed by atoms with Gasteiger partial charge in [0.2, 0.25) is 5.91 Å². The molecule has 0 saturated heterocycles. The van der Waals surface area contributed by atoms with E-state index in [-0.39, 0.29) is 26.4 Å². The van der Waals surface area contributed by atoms with E-state index in [0.717, 1.165) is 0 Å². The van der Waals surface area contributed by atoms with Crippen LogP contribution in [0.2, 0.25) is 0 Å². The maximum absolute atomic E-state index is 14.7. The number of hydrogen-bond donors (Lipinski definition) is 2. The van der Waals surface area contributed by atoms with Crippen LogP contribution in [0.4, 0.5) is 224 Å². The Bertz CT molecular complexity index is 2540. The van der Waals surface area contributed by atoms with E-state index in [4.69, 9.17) is 19.9 Å². The van der Waals surface area contributed by atoms with Crippen LogP contribution in [0.1, 0.15) is 51.4 Å². The topological polar surface area (TPSA) is 111 Å². The van der Waals surface area contributed by atoms with E-state index in [1.165, 1.54) is 5.32 Å². The van der Waals surface area contributed by atoms with Crippen LogP contribution in [0.15, 0.2) is 0 Å². The highest BCUT2D eigenvalue weighted by atomic mass is 19.5. The molecule has 642 valence electrons. The van der Waals surface area contributed by atoms with Crippen molar-refractivity contribution >= 4 is 5.91 Å². The predicted molar refractivity (Wildman–Crippen MR) is 244 cm³/mol. The molecule has 0 aromatic carbocycles. The van der Waals surface area contributed by atoms with Crippen molar-refractivity contribution in [3.63, 3.8) is 0 Å². The minimum atomic E-state index is -9.20. The van der Waals surface area contributed by atoms with Crippen molar-refractivity contribution in [1.82, 2.24) is 5.32 Å². The van der Waals surface area contributed by atoms with Gasteiger partial charge in [0.1, 0.15) is 5.54 Å². The van der Waals surface area contributed by atoms with Crippen LogP contribution in [-0.4, -0.2) is 240 Å². The molecule has 0 unspecified atom stereocenters. The zero-order chi connectivity index (χ0) is 85.9. The number of halogens is 51. The fraction of sp³-hybridized carbons (Fsp3) is 0.979. The number of hydrogen-bond acceptors (Lipinski definition) is 8. The maximum Gasteiger partial charge on any atom is 0.460 e. The minimum Gasteiger partial charge on any atom is -0.379 e. The Balaban J connectivity index is 7.88. The molecule has 0 aromatic heterocycles. The lowest BCUT2D eigenvalue weighted by Crippen LogP contribution is -2.74. The largest absolute Gasteiger partial charge is 0.460 e. The van der Waals surface area contributed by atoms with Gasteiger partial charge in [0.15, 0.2) is 0 Å². The molecule has 107 heavy (non-hydrogen) atoms. The molecule has 0 radical (unpaired) electrons. The summed E-state index contributed by atoms with van der Waals surface area (Å²) in [7, 11) is 0. The van der Waals surface area contributed by atoms with Gasteiger partial charge < -0.3 is 39.5 Å². The molecule has 0 rings (SSSR count). The van der Waals surface area contributed by atoms with Gasteiger partial charge in [-0.05, 0) is 32.2 Å². The summed E-state index contributed by atoms with van der Waals surface area (Å²) in [6.07, 6.45) is -43.4. The zero-order valence-corrected chi connectivity index (χ0v) is 51.1. The lowest BCUT2D eigenvalue weighted by atomic mass is 9.88. The molecule has 0 aliphatic rings. The van der Waals surface area contributed by atoms with Gasteiger partial charge in [0.05, 0.1) is 52.9 Å². The van der Waals surface area contributed by atoms with E-state index in [9.17, 15) is 229 Å². The second-order valence-electron chi connectivity index (χ2n) is 22.0. The lowest BCUT2D eigenvalue weighted by Gasteiger charge is -2.42. The number of ether oxygens (including phenoxy) is 6. The molecule has 0 saturated carbocycles. The van der Waals surface area contributed by atoms with Gasteiger partial charge in [-0.2, -0.15) is 224 Å². The van der Waals surface area contributed by atoms with E-state index in [1.807, 2.05) is 0 Å². The SMILES string of the molecule is NCCCOCCOCCOCCC(=O)NC(COCCCC(F)(F)C(F)(F)C(F)(F)C(F)(F)C(F)(F)C(F)(F)C(F)(F)C(F)(F)F)(COCCCC(F)(F)C(F)(F)C(F)(F)C(F)(F)C(F)(F)C(F)(F)C(F)(F)C(F)(F)F)COCCCC(F)(F)C(F)(F)C(F)(F)C(F)(F)C(F)(F)C(F)(F)C(F)(F)C(F)(F)F. The summed E-state index contributed by atoms with van der Waals surface area (Å²) >= 11 is 0. The van der Waals surface area contributed by atoms with Crippen molar-refractivity contribution in [2.75, 3.05) is 85.8 Å². The Morgan fingerprint density at radius 2 is 0.402 bits per heavy atom. The van der Waals surface area contributed by atoms with Crippen molar-refractivity contribution in [2.45, 2.75) is 200 Å². The van der Waals surface area contributed by atoms with Crippen molar-refractivity contribution in [2.24, 2.45) is 5.73 Å². The van der Waals surface area contributed by atoms with Crippen LogP contribution < -0.4 is 11.1 Å². The van der Waals surface area contributed by atoms with Gasteiger partial charge in [-0.15, -0.1) is 0 Å². The van der Waals surface area contributed by atoms with Crippen molar-refractivity contribution < 1.29 is 257 Å². The van der Waals surface area contributed by atoms with Gasteiger partial charge in [-0.1, -0.05) is 0 Å². The molecule has 0 atom stereocenters. The summed E-state index contributed by atoms with van der Waals surface area (Å²) in [5.74, 6) is -184. The molecule has 9 nitrogen and oxygen atoms in total. The molecule has 0 spiro atoms. The Morgan fingerprint density at radius 1 is 0.224 bits per heavy atom. The highest BCUT2D eigenvalue weighted by molar-refractivity contribution is 5.77. The third kappa shape index (κ3) is 18.6. The highest BCUT2D eigenvalue weighted by Crippen LogP contribution is 2.68. The molecule has 60 heteroatoms. The third-order valence-electron chi connectivity index (χ3n) is 13.9. The Labute approximate surface area is 560 Å². The quantitative estimate of drug-likeness (QED) is 0.0458. The summed E-state index contributed by atoms with van der Waals surface area (Å²) in [6.45, 7) is -15.8. The molecular formula is C47H45F51N2O7. The number of nitrogens with two attached hydrogens (primary N) is 1. The normalized spacial score (nSPS) is 16.0. The molecule has 0 bridgehead atoms. The van der Waals surface area contributed by atoms with E-state index in [1.54, 1.807) is 0 Å². The first kappa shape index (κ1) is 103. The lowest BCUT2D eigenvalue weighted by molar-refractivity contribution is -0.461. The predicted octanol–water partition coefficient (Wildman–Crippen LogP) is 18.0. The summed E-state index contributed by atoms with van der Waals surface area (Å²) in [6, 6.07) is 0. The summed E-state index contributed by atoms with van der Waals surface area (Å²) < 4.78 is 734. The van der Waals surface area contributed by atoms with Crippen LogP contribution in [0.25, 0.3) is 0 Å². The van der Waals surface area contributed by atoms with Gasteiger partial charge >= 0.3 is 143 Å². The van der Waals surface area contributed by atoms with Crippen LogP contribution in [-0.2, 0) is 33.2 Å². The number of alkyl halides is 51. The van der Waals surface area contributed by atoms with Crippen molar-refractivity contribution in [1.29, 1.82) is 0 Å². The Kier molecular flexibility index (Phi) is 31.6. The highest BCUT2D eigenvalue weighted by Gasteiger charge is 2.98.